The fourth-order valence-electron chi connectivity index (χ4n) is 4.46. The number of rotatable bonds is 10. The molecule has 34 heavy (non-hydrogen) atoms. The van der Waals surface area contributed by atoms with Crippen LogP contribution in [0.5, 0.6) is 0 Å². The first kappa shape index (κ1) is 28.7. The van der Waals surface area contributed by atoms with Gasteiger partial charge in [0.25, 0.3) is 0 Å². The van der Waals surface area contributed by atoms with Gasteiger partial charge in [0.2, 0.25) is 0 Å². The van der Waals surface area contributed by atoms with Crippen LogP contribution in [0.1, 0.15) is 54.4 Å². The van der Waals surface area contributed by atoms with Crippen LogP contribution in [0.25, 0.3) is 0 Å². The van der Waals surface area contributed by atoms with Gasteiger partial charge >= 0.3 is 11.9 Å². The van der Waals surface area contributed by atoms with Crippen LogP contribution in [0.3, 0.4) is 0 Å². The van der Waals surface area contributed by atoms with Gasteiger partial charge in [-0.2, -0.15) is 0 Å². The Labute approximate surface area is 202 Å². The third-order valence-electron chi connectivity index (χ3n) is 6.38. The molecule has 0 N–H and O–H groups in total. The number of methoxy groups -OCH3 is 2. The van der Waals surface area contributed by atoms with Crippen LogP contribution in [-0.4, -0.2) is 87.6 Å². The SMILES string of the molecule is CO[C@]1(C)C[C@@H](OC/C=C\CO[C@@H]2C[C@@](C)(OC)[C@@H](OC(C)=O)[C@H](C)O2)O[C@@H](C)[C@@H]1OC(C)=O. The molecule has 10 heteroatoms. The molecule has 2 saturated heterocycles. The molecule has 0 aliphatic carbocycles. The van der Waals surface area contributed by atoms with E-state index in [9.17, 15) is 9.59 Å². The second kappa shape index (κ2) is 12.4. The van der Waals surface area contributed by atoms with Crippen molar-refractivity contribution < 1.29 is 47.5 Å². The summed E-state index contributed by atoms with van der Waals surface area (Å²) < 4.78 is 45.5. The van der Waals surface area contributed by atoms with Crippen molar-refractivity contribution in [2.45, 2.75) is 103 Å². The van der Waals surface area contributed by atoms with E-state index in [1.165, 1.54) is 13.8 Å². The first-order chi connectivity index (χ1) is 15.9. The third kappa shape index (κ3) is 7.47. The van der Waals surface area contributed by atoms with E-state index in [0.717, 1.165) is 0 Å². The maximum absolute atomic E-state index is 11.4. The van der Waals surface area contributed by atoms with Crippen LogP contribution in [0.2, 0.25) is 0 Å². The van der Waals surface area contributed by atoms with Crippen molar-refractivity contribution in [2.24, 2.45) is 0 Å². The van der Waals surface area contributed by atoms with Crippen LogP contribution >= 0.6 is 0 Å². The summed E-state index contributed by atoms with van der Waals surface area (Å²) in [7, 11) is 3.17. The average molecular weight is 489 g/mol. The van der Waals surface area contributed by atoms with Crippen LogP contribution in [0.15, 0.2) is 12.2 Å². The highest BCUT2D eigenvalue weighted by Gasteiger charge is 2.49. The Kier molecular flexibility index (Phi) is 10.5. The first-order valence-corrected chi connectivity index (χ1v) is 11.6. The lowest BCUT2D eigenvalue weighted by Crippen LogP contribution is -2.57. The molecule has 0 saturated carbocycles. The molecule has 8 atom stereocenters. The highest BCUT2D eigenvalue weighted by Crippen LogP contribution is 2.35. The zero-order valence-electron chi connectivity index (χ0n) is 21.5. The number of hydrogen-bond acceptors (Lipinski definition) is 10. The lowest BCUT2D eigenvalue weighted by molar-refractivity contribution is -0.280. The molecule has 2 heterocycles. The van der Waals surface area contributed by atoms with E-state index in [4.69, 9.17) is 37.9 Å². The Hall–Kier alpha value is -1.56. The summed E-state index contributed by atoms with van der Waals surface area (Å²) in [5, 5.41) is 0. The summed E-state index contributed by atoms with van der Waals surface area (Å²) in [6, 6.07) is 0. The summed E-state index contributed by atoms with van der Waals surface area (Å²) in [5.41, 5.74) is -1.43. The molecule has 0 amide bonds. The minimum absolute atomic E-state index is 0.311. The Balaban J connectivity index is 1.79. The van der Waals surface area contributed by atoms with Crippen molar-refractivity contribution in [3.63, 3.8) is 0 Å². The van der Waals surface area contributed by atoms with E-state index in [2.05, 4.69) is 0 Å². The van der Waals surface area contributed by atoms with Gasteiger partial charge in [-0.25, -0.2) is 0 Å². The maximum atomic E-state index is 11.4. The van der Waals surface area contributed by atoms with Gasteiger partial charge in [0.1, 0.15) is 11.2 Å². The summed E-state index contributed by atoms with van der Waals surface area (Å²) in [6.07, 6.45) is 1.71. The molecule has 0 bridgehead atoms. The third-order valence-corrected chi connectivity index (χ3v) is 6.38. The van der Waals surface area contributed by atoms with Gasteiger partial charge in [-0.05, 0) is 27.7 Å². The van der Waals surface area contributed by atoms with Gasteiger partial charge < -0.3 is 37.9 Å². The monoisotopic (exact) mass is 488 g/mol. The molecule has 2 aliphatic heterocycles. The smallest absolute Gasteiger partial charge is 0.303 e. The molecule has 0 aromatic rings. The van der Waals surface area contributed by atoms with Crippen molar-refractivity contribution in [3.05, 3.63) is 12.2 Å². The molecule has 0 aromatic carbocycles. The largest absolute Gasteiger partial charge is 0.457 e. The van der Waals surface area contributed by atoms with Crippen LogP contribution in [-0.2, 0) is 47.5 Å². The highest BCUT2D eigenvalue weighted by atomic mass is 16.7. The molecule has 2 rings (SSSR count). The van der Waals surface area contributed by atoms with Gasteiger partial charge in [-0.15, -0.1) is 0 Å². The van der Waals surface area contributed by atoms with Crippen LogP contribution in [0.4, 0.5) is 0 Å². The van der Waals surface area contributed by atoms with Crippen molar-refractivity contribution in [1.82, 2.24) is 0 Å². The van der Waals surface area contributed by atoms with Crippen LogP contribution in [0, 0.1) is 0 Å². The topological polar surface area (TPSA) is 108 Å². The minimum Gasteiger partial charge on any atom is -0.457 e. The second-order valence-electron chi connectivity index (χ2n) is 9.18. The number of carbonyl (C=O) groups is 2. The Bertz CT molecular complexity index is 654. The number of hydrogen-bond donors (Lipinski definition) is 0. The number of esters is 2. The van der Waals surface area contributed by atoms with E-state index >= 15 is 0 Å². The Morgan fingerprint density at radius 3 is 1.44 bits per heavy atom. The van der Waals surface area contributed by atoms with Crippen molar-refractivity contribution in [2.75, 3.05) is 27.4 Å². The summed E-state index contributed by atoms with van der Waals surface area (Å²) >= 11 is 0. The molecule has 2 fully saturated rings. The summed E-state index contributed by atoms with van der Waals surface area (Å²) in [5.74, 6) is -0.759. The molecular formula is C24H40O10. The molecular weight excluding hydrogens is 448 g/mol. The van der Waals surface area contributed by atoms with Crippen molar-refractivity contribution in [3.8, 4) is 0 Å². The van der Waals surface area contributed by atoms with E-state index < -0.39 is 36.0 Å². The van der Waals surface area contributed by atoms with Crippen LogP contribution < -0.4 is 0 Å². The summed E-state index contributed by atoms with van der Waals surface area (Å²) in [6.45, 7) is 10.8. The molecule has 2 aliphatic rings. The zero-order chi connectivity index (χ0) is 25.5. The van der Waals surface area contributed by atoms with E-state index in [-0.39, 0.29) is 24.1 Å². The Morgan fingerprint density at radius 2 is 1.15 bits per heavy atom. The normalized spacial score (nSPS) is 38.6. The standard InChI is InChI=1S/C24H40O10/c1-15-21(33-17(3)25)23(5,27-7)13-19(31-15)29-11-9-10-12-30-20-14-24(6,28-8)22(16(2)32-20)34-18(4)26/h9-10,15-16,19-22H,11-14H2,1-8H3/b10-9-/t15-,16-,19-,20-,21-,22-,23+,24+/m0/s1. The van der Waals surface area contributed by atoms with Gasteiger partial charge in [-0.1, -0.05) is 12.2 Å². The van der Waals surface area contributed by atoms with Crippen molar-refractivity contribution >= 4 is 11.9 Å². The molecule has 0 aromatic heterocycles. The van der Waals surface area contributed by atoms with Gasteiger partial charge in [0, 0.05) is 40.9 Å². The molecule has 0 spiro atoms. The summed E-state index contributed by atoms with van der Waals surface area (Å²) in [4.78, 5) is 22.9. The lowest BCUT2D eigenvalue weighted by atomic mass is 9.88. The van der Waals surface area contributed by atoms with Gasteiger partial charge in [-0.3, -0.25) is 9.59 Å². The molecule has 0 radical (unpaired) electrons. The molecule has 10 nitrogen and oxygen atoms in total. The predicted octanol–water partition coefficient (Wildman–Crippen LogP) is 2.52. The minimum atomic E-state index is -0.714. The molecule has 196 valence electrons. The Morgan fingerprint density at radius 1 is 0.794 bits per heavy atom. The van der Waals surface area contributed by atoms with Gasteiger partial charge in [0.15, 0.2) is 24.8 Å². The molecule has 0 unspecified atom stereocenters. The lowest BCUT2D eigenvalue weighted by Gasteiger charge is -2.45. The highest BCUT2D eigenvalue weighted by molar-refractivity contribution is 5.66. The van der Waals surface area contributed by atoms with E-state index in [1.807, 2.05) is 39.8 Å². The van der Waals surface area contributed by atoms with E-state index in [1.54, 1.807) is 14.2 Å². The quantitative estimate of drug-likeness (QED) is 0.336. The zero-order valence-corrected chi connectivity index (χ0v) is 21.5. The predicted molar refractivity (Wildman–Crippen MR) is 121 cm³/mol. The number of ether oxygens (including phenoxy) is 8. The second-order valence-corrected chi connectivity index (χ2v) is 9.18. The number of carbonyl (C=O) groups excluding carboxylic acids is 2. The van der Waals surface area contributed by atoms with Gasteiger partial charge in [0.05, 0.1) is 25.4 Å². The fourth-order valence-corrected chi connectivity index (χ4v) is 4.46. The maximum Gasteiger partial charge on any atom is 0.303 e. The average Bonchev–Trinajstić information content (AvgIpc) is 2.75. The van der Waals surface area contributed by atoms with Crippen molar-refractivity contribution in [1.29, 1.82) is 0 Å². The first-order valence-electron chi connectivity index (χ1n) is 11.6. The fraction of sp³-hybridized carbons (Fsp3) is 0.833. The van der Waals surface area contributed by atoms with E-state index in [0.29, 0.717) is 26.1 Å².